The quantitative estimate of drug-likeness (QED) is 0.853. The summed E-state index contributed by atoms with van der Waals surface area (Å²) < 4.78 is 5.51. The number of hydrogen-bond donors (Lipinski definition) is 1. The number of hydrogen-bond acceptors (Lipinski definition) is 2. The van der Waals surface area contributed by atoms with Gasteiger partial charge in [0.2, 0.25) is 0 Å². The summed E-state index contributed by atoms with van der Waals surface area (Å²) in [6, 6.07) is 6.88. The molecule has 2 aliphatic carbocycles. The Balaban J connectivity index is 1.76. The molecular weight excluding hydrogens is 270 g/mol. The van der Waals surface area contributed by atoms with Gasteiger partial charge in [-0.25, -0.2) is 0 Å². The van der Waals surface area contributed by atoms with Crippen LogP contribution in [0.5, 0.6) is 0 Å². The van der Waals surface area contributed by atoms with E-state index < -0.39 is 0 Å². The SMILES string of the molecule is COC1CCC2(CC1)Cc1ccc(CCC(C)C)cc1C2=N. The predicted molar refractivity (Wildman–Crippen MR) is 91.8 cm³/mol. The Morgan fingerprint density at radius 3 is 2.64 bits per heavy atom. The average Bonchev–Trinajstić information content (AvgIpc) is 2.79. The van der Waals surface area contributed by atoms with Crippen molar-refractivity contribution in [3.05, 3.63) is 34.9 Å². The highest BCUT2D eigenvalue weighted by Crippen LogP contribution is 2.47. The van der Waals surface area contributed by atoms with Crippen LogP contribution in [0, 0.1) is 16.7 Å². The molecule has 0 radical (unpaired) electrons. The van der Waals surface area contributed by atoms with Crippen molar-refractivity contribution in [2.24, 2.45) is 11.3 Å². The van der Waals surface area contributed by atoms with Gasteiger partial charge in [-0.1, -0.05) is 26.0 Å². The molecule has 0 saturated heterocycles. The zero-order valence-corrected chi connectivity index (χ0v) is 14.2. The third kappa shape index (κ3) is 2.86. The predicted octanol–water partition coefficient (Wildman–Crippen LogP) is 4.77. The Labute approximate surface area is 134 Å². The fraction of sp³-hybridized carbons (Fsp3) is 0.650. The van der Waals surface area contributed by atoms with Crippen LogP contribution in [0.2, 0.25) is 0 Å². The van der Waals surface area contributed by atoms with E-state index in [1.165, 1.54) is 23.1 Å². The maximum atomic E-state index is 8.77. The van der Waals surface area contributed by atoms with E-state index in [9.17, 15) is 0 Å². The van der Waals surface area contributed by atoms with Gasteiger partial charge < -0.3 is 10.1 Å². The van der Waals surface area contributed by atoms with Crippen LogP contribution in [0.15, 0.2) is 18.2 Å². The Morgan fingerprint density at radius 2 is 2.00 bits per heavy atom. The molecule has 1 spiro atoms. The van der Waals surface area contributed by atoms with Crippen molar-refractivity contribution in [2.45, 2.75) is 64.9 Å². The van der Waals surface area contributed by atoms with Crippen LogP contribution in [0.3, 0.4) is 0 Å². The molecule has 3 rings (SSSR count). The summed E-state index contributed by atoms with van der Waals surface area (Å²) in [5.74, 6) is 0.739. The number of benzene rings is 1. The van der Waals surface area contributed by atoms with Gasteiger partial charge in [0.05, 0.1) is 6.10 Å². The van der Waals surface area contributed by atoms with Crippen molar-refractivity contribution in [1.82, 2.24) is 0 Å². The van der Waals surface area contributed by atoms with Crippen molar-refractivity contribution in [3.63, 3.8) is 0 Å². The second-order valence-electron chi connectivity index (χ2n) is 7.69. The van der Waals surface area contributed by atoms with Gasteiger partial charge in [0, 0.05) is 18.2 Å². The van der Waals surface area contributed by atoms with Crippen LogP contribution < -0.4 is 0 Å². The first-order valence-corrected chi connectivity index (χ1v) is 8.78. The lowest BCUT2D eigenvalue weighted by Gasteiger charge is -2.36. The van der Waals surface area contributed by atoms with Crippen LogP contribution in [0.25, 0.3) is 0 Å². The lowest BCUT2D eigenvalue weighted by atomic mass is 9.70. The first-order valence-electron chi connectivity index (χ1n) is 8.78. The first kappa shape index (κ1) is 15.7. The molecule has 1 aromatic carbocycles. The van der Waals surface area contributed by atoms with Gasteiger partial charge in [0.1, 0.15) is 0 Å². The minimum Gasteiger partial charge on any atom is -0.381 e. The fourth-order valence-corrected chi connectivity index (χ4v) is 4.17. The molecule has 1 N–H and O–H groups in total. The van der Waals surface area contributed by atoms with Crippen molar-refractivity contribution < 1.29 is 4.74 Å². The van der Waals surface area contributed by atoms with E-state index >= 15 is 0 Å². The number of aryl methyl sites for hydroxylation is 1. The van der Waals surface area contributed by atoms with E-state index in [0.29, 0.717) is 6.10 Å². The molecule has 1 aromatic rings. The standard InChI is InChI=1S/C20H29NO/c1-14(2)4-5-15-6-7-16-13-20(19(21)18(16)12-15)10-8-17(22-3)9-11-20/h6-7,12,14,17,21H,4-5,8-11,13H2,1-3H3. The normalized spacial score (nSPS) is 27.6. The van der Waals surface area contributed by atoms with Gasteiger partial charge in [0.15, 0.2) is 0 Å². The summed E-state index contributed by atoms with van der Waals surface area (Å²) >= 11 is 0. The highest BCUT2D eigenvalue weighted by Gasteiger charge is 2.44. The van der Waals surface area contributed by atoms with Gasteiger partial charge in [-0.3, -0.25) is 0 Å². The third-order valence-electron chi connectivity index (χ3n) is 5.74. The van der Waals surface area contributed by atoms with Gasteiger partial charge in [0.25, 0.3) is 0 Å². The number of nitrogens with one attached hydrogen (secondary N) is 1. The molecule has 2 nitrogen and oxygen atoms in total. The van der Waals surface area contributed by atoms with Crippen LogP contribution in [0.4, 0.5) is 0 Å². The average molecular weight is 299 g/mol. The van der Waals surface area contributed by atoms with Gasteiger partial charge in [-0.05, 0) is 73.6 Å². The van der Waals surface area contributed by atoms with E-state index in [4.69, 9.17) is 10.1 Å². The monoisotopic (exact) mass is 299 g/mol. The molecule has 0 atom stereocenters. The molecule has 1 saturated carbocycles. The van der Waals surface area contributed by atoms with Gasteiger partial charge in [-0.2, -0.15) is 0 Å². The summed E-state index contributed by atoms with van der Waals surface area (Å²) in [5.41, 5.74) is 5.04. The Hall–Kier alpha value is -1.15. The summed E-state index contributed by atoms with van der Waals surface area (Å²) in [7, 11) is 1.82. The molecule has 0 amide bonds. The highest BCUT2D eigenvalue weighted by atomic mass is 16.5. The molecule has 0 bridgehead atoms. The number of ether oxygens (including phenoxy) is 1. The zero-order valence-electron chi connectivity index (χ0n) is 14.2. The number of fused-ring (bicyclic) bond motifs is 1. The first-order chi connectivity index (χ1) is 10.5. The molecule has 0 aliphatic heterocycles. The smallest absolute Gasteiger partial charge is 0.0572 e. The second-order valence-corrected chi connectivity index (χ2v) is 7.69. The minimum absolute atomic E-state index is 0.105. The van der Waals surface area contributed by atoms with Crippen LogP contribution in [0.1, 0.15) is 62.6 Å². The molecule has 1 fully saturated rings. The van der Waals surface area contributed by atoms with Crippen molar-refractivity contribution in [3.8, 4) is 0 Å². The minimum atomic E-state index is 0.105. The molecular formula is C20H29NO. The third-order valence-corrected chi connectivity index (χ3v) is 5.74. The van der Waals surface area contributed by atoms with Gasteiger partial charge in [-0.15, -0.1) is 0 Å². The van der Waals surface area contributed by atoms with Crippen LogP contribution in [-0.4, -0.2) is 18.9 Å². The Bertz CT molecular complexity index is 553. The molecule has 22 heavy (non-hydrogen) atoms. The second kappa shape index (κ2) is 6.16. The van der Waals surface area contributed by atoms with Crippen molar-refractivity contribution in [1.29, 1.82) is 5.41 Å². The largest absolute Gasteiger partial charge is 0.381 e. The van der Waals surface area contributed by atoms with E-state index in [1.54, 1.807) is 0 Å². The zero-order chi connectivity index (χ0) is 15.7. The molecule has 120 valence electrons. The summed E-state index contributed by atoms with van der Waals surface area (Å²) in [6.45, 7) is 4.55. The molecule has 0 unspecified atom stereocenters. The highest BCUT2D eigenvalue weighted by molar-refractivity contribution is 6.07. The maximum absolute atomic E-state index is 8.77. The van der Waals surface area contributed by atoms with E-state index in [0.717, 1.165) is 50.2 Å². The van der Waals surface area contributed by atoms with Crippen LogP contribution >= 0.6 is 0 Å². The topological polar surface area (TPSA) is 33.1 Å². The van der Waals surface area contributed by atoms with Crippen LogP contribution in [-0.2, 0) is 17.6 Å². The summed E-state index contributed by atoms with van der Waals surface area (Å²) in [4.78, 5) is 0. The molecule has 0 aromatic heterocycles. The molecule has 2 aliphatic rings. The molecule has 2 heteroatoms. The van der Waals surface area contributed by atoms with E-state index in [2.05, 4.69) is 32.0 Å². The van der Waals surface area contributed by atoms with Crippen molar-refractivity contribution in [2.75, 3.05) is 7.11 Å². The lowest BCUT2D eigenvalue weighted by molar-refractivity contribution is 0.0467. The summed E-state index contributed by atoms with van der Waals surface area (Å²) in [5, 5.41) is 8.77. The Kier molecular flexibility index (Phi) is 4.40. The van der Waals surface area contributed by atoms with Gasteiger partial charge >= 0.3 is 0 Å². The Morgan fingerprint density at radius 1 is 1.27 bits per heavy atom. The maximum Gasteiger partial charge on any atom is 0.0572 e. The van der Waals surface area contributed by atoms with Crippen molar-refractivity contribution >= 4 is 5.71 Å². The van der Waals surface area contributed by atoms with E-state index in [-0.39, 0.29) is 5.41 Å². The van der Waals surface area contributed by atoms with E-state index in [1.807, 2.05) is 7.11 Å². The summed E-state index contributed by atoms with van der Waals surface area (Å²) in [6.07, 6.45) is 8.27. The molecule has 0 heterocycles. The number of rotatable bonds is 4. The lowest BCUT2D eigenvalue weighted by Crippen LogP contribution is -2.35. The fourth-order valence-electron chi connectivity index (χ4n) is 4.17. The number of methoxy groups -OCH3 is 1.